The lowest BCUT2D eigenvalue weighted by Crippen LogP contribution is -2.50. The second kappa shape index (κ2) is 5.34. The minimum absolute atomic E-state index is 0.0630. The Balaban J connectivity index is 1.85. The number of aliphatic hydroxyl groups is 1. The fourth-order valence-electron chi connectivity index (χ4n) is 5.79. The van der Waals surface area contributed by atoms with Crippen LogP contribution in [0.2, 0.25) is 0 Å². The van der Waals surface area contributed by atoms with Crippen molar-refractivity contribution in [3.63, 3.8) is 0 Å². The van der Waals surface area contributed by atoms with Crippen LogP contribution in [0, 0.1) is 29.1 Å². The zero-order valence-corrected chi connectivity index (χ0v) is 15.1. The van der Waals surface area contributed by atoms with Gasteiger partial charge >= 0.3 is 0 Å². The standard InChI is InChI=1S/C20H34O2/c1-12-11-16(21)13(2)14-9-10-20(6)15(18(12)14)7-8-17(20)22-19(3,4)5/h13-18,21H,1,7-11H2,2-6H3/t13-,14+,15-,16+,17+,18+,20+/m1/s1. The van der Waals surface area contributed by atoms with Crippen molar-refractivity contribution in [1.82, 2.24) is 0 Å². The predicted octanol–water partition coefficient (Wildman–Crippen LogP) is 4.57. The smallest absolute Gasteiger partial charge is 0.0638 e. The summed E-state index contributed by atoms with van der Waals surface area (Å²) in [6.07, 6.45) is 5.92. The first kappa shape index (κ1) is 16.5. The molecule has 0 amide bonds. The summed E-state index contributed by atoms with van der Waals surface area (Å²) in [6.45, 7) is 15.6. The van der Waals surface area contributed by atoms with Crippen LogP contribution < -0.4 is 0 Å². The highest BCUT2D eigenvalue weighted by Crippen LogP contribution is 2.62. The van der Waals surface area contributed by atoms with Crippen LogP contribution in [0.4, 0.5) is 0 Å². The lowest BCUT2D eigenvalue weighted by atomic mass is 9.52. The molecule has 3 aliphatic carbocycles. The van der Waals surface area contributed by atoms with Crippen molar-refractivity contribution < 1.29 is 9.84 Å². The Morgan fingerprint density at radius 2 is 1.91 bits per heavy atom. The van der Waals surface area contributed by atoms with Crippen molar-refractivity contribution in [1.29, 1.82) is 0 Å². The van der Waals surface area contributed by atoms with Crippen molar-refractivity contribution in [3.05, 3.63) is 12.2 Å². The molecule has 3 saturated carbocycles. The molecule has 0 heterocycles. The average molecular weight is 306 g/mol. The number of hydrogen-bond acceptors (Lipinski definition) is 2. The van der Waals surface area contributed by atoms with E-state index in [0.29, 0.717) is 35.2 Å². The van der Waals surface area contributed by atoms with Gasteiger partial charge in [0.05, 0.1) is 17.8 Å². The molecule has 0 spiro atoms. The van der Waals surface area contributed by atoms with Gasteiger partial charge in [0.2, 0.25) is 0 Å². The van der Waals surface area contributed by atoms with Gasteiger partial charge in [-0.2, -0.15) is 0 Å². The molecule has 0 aromatic rings. The number of ether oxygens (including phenoxy) is 1. The van der Waals surface area contributed by atoms with Crippen molar-refractivity contribution in [2.45, 2.75) is 84.5 Å². The van der Waals surface area contributed by atoms with Gasteiger partial charge in [-0.05, 0) is 82.0 Å². The molecule has 0 bridgehead atoms. The van der Waals surface area contributed by atoms with Gasteiger partial charge in [0, 0.05) is 0 Å². The maximum absolute atomic E-state index is 10.3. The number of rotatable bonds is 1. The largest absolute Gasteiger partial charge is 0.393 e. The van der Waals surface area contributed by atoms with E-state index >= 15 is 0 Å². The van der Waals surface area contributed by atoms with Gasteiger partial charge in [0.15, 0.2) is 0 Å². The summed E-state index contributed by atoms with van der Waals surface area (Å²) in [4.78, 5) is 0. The molecule has 3 aliphatic rings. The minimum Gasteiger partial charge on any atom is -0.393 e. The lowest BCUT2D eigenvalue weighted by Gasteiger charge is -2.54. The molecule has 0 saturated heterocycles. The highest BCUT2D eigenvalue weighted by Gasteiger charge is 2.57. The van der Waals surface area contributed by atoms with Gasteiger partial charge in [0.1, 0.15) is 0 Å². The monoisotopic (exact) mass is 306 g/mol. The van der Waals surface area contributed by atoms with Gasteiger partial charge in [-0.15, -0.1) is 0 Å². The van der Waals surface area contributed by atoms with Gasteiger partial charge in [0.25, 0.3) is 0 Å². The predicted molar refractivity (Wildman–Crippen MR) is 90.6 cm³/mol. The quantitative estimate of drug-likeness (QED) is 0.719. The maximum Gasteiger partial charge on any atom is 0.0638 e. The van der Waals surface area contributed by atoms with E-state index in [1.807, 2.05) is 0 Å². The lowest BCUT2D eigenvalue weighted by molar-refractivity contribution is -0.134. The fourth-order valence-corrected chi connectivity index (χ4v) is 5.79. The van der Waals surface area contributed by atoms with Crippen LogP contribution in [0.25, 0.3) is 0 Å². The van der Waals surface area contributed by atoms with E-state index < -0.39 is 0 Å². The molecular formula is C20H34O2. The third kappa shape index (κ3) is 2.57. The van der Waals surface area contributed by atoms with Crippen LogP contribution in [0.3, 0.4) is 0 Å². The van der Waals surface area contributed by atoms with Crippen LogP contribution >= 0.6 is 0 Å². The molecule has 22 heavy (non-hydrogen) atoms. The first-order valence-corrected chi connectivity index (χ1v) is 9.17. The minimum atomic E-state index is -0.180. The van der Waals surface area contributed by atoms with Crippen LogP contribution in [-0.2, 0) is 4.74 Å². The molecule has 0 unspecified atom stereocenters. The molecule has 1 N–H and O–H groups in total. The second-order valence-electron chi connectivity index (χ2n) is 9.43. The fraction of sp³-hybridized carbons (Fsp3) is 0.900. The third-order valence-electron chi connectivity index (χ3n) is 6.95. The average Bonchev–Trinajstić information content (AvgIpc) is 2.71. The molecule has 2 heteroatoms. The molecule has 3 fully saturated rings. The van der Waals surface area contributed by atoms with Crippen LogP contribution in [-0.4, -0.2) is 22.9 Å². The first-order chi connectivity index (χ1) is 10.1. The summed E-state index contributed by atoms with van der Waals surface area (Å²) < 4.78 is 6.45. The Bertz CT molecular complexity index is 449. The highest BCUT2D eigenvalue weighted by molar-refractivity contribution is 5.18. The second-order valence-corrected chi connectivity index (χ2v) is 9.43. The molecule has 0 aliphatic heterocycles. The van der Waals surface area contributed by atoms with Crippen molar-refractivity contribution in [2.24, 2.45) is 29.1 Å². The molecule has 0 aromatic heterocycles. The summed E-state index contributed by atoms with van der Waals surface area (Å²) in [5.74, 6) is 2.34. The molecule has 3 rings (SSSR count). The summed E-state index contributed by atoms with van der Waals surface area (Å²) in [6, 6.07) is 0. The zero-order chi connectivity index (χ0) is 16.3. The van der Waals surface area contributed by atoms with E-state index in [0.717, 1.165) is 6.42 Å². The SMILES string of the molecule is C=C1C[C@H](O)[C@H](C)[C@@H]2CC[C@]3(C)[C@@H](OC(C)(C)C)CC[C@@H]3[C@@H]12. The Morgan fingerprint density at radius 1 is 1.23 bits per heavy atom. The third-order valence-corrected chi connectivity index (χ3v) is 6.95. The van der Waals surface area contributed by atoms with Gasteiger partial charge in [-0.25, -0.2) is 0 Å². The number of aliphatic hydroxyl groups excluding tert-OH is 1. The Hall–Kier alpha value is -0.340. The van der Waals surface area contributed by atoms with Crippen molar-refractivity contribution in [3.8, 4) is 0 Å². The summed E-state index contributed by atoms with van der Waals surface area (Å²) in [5, 5.41) is 10.3. The molecule has 0 aromatic carbocycles. The normalized spacial score (nSPS) is 48.9. The van der Waals surface area contributed by atoms with Crippen LogP contribution in [0.5, 0.6) is 0 Å². The Kier molecular flexibility index (Phi) is 4.01. The van der Waals surface area contributed by atoms with Crippen molar-refractivity contribution in [2.75, 3.05) is 0 Å². The Morgan fingerprint density at radius 3 is 2.55 bits per heavy atom. The highest BCUT2D eigenvalue weighted by atomic mass is 16.5. The molecular weight excluding hydrogens is 272 g/mol. The van der Waals surface area contributed by atoms with Crippen LogP contribution in [0.15, 0.2) is 12.2 Å². The molecule has 0 radical (unpaired) electrons. The summed E-state index contributed by atoms with van der Waals surface area (Å²) in [7, 11) is 0. The van der Waals surface area contributed by atoms with E-state index in [1.165, 1.54) is 31.3 Å². The number of hydrogen-bond donors (Lipinski definition) is 1. The van der Waals surface area contributed by atoms with E-state index in [-0.39, 0.29) is 11.7 Å². The maximum atomic E-state index is 10.3. The van der Waals surface area contributed by atoms with Gasteiger partial charge in [-0.3, -0.25) is 0 Å². The summed E-state index contributed by atoms with van der Waals surface area (Å²) in [5.41, 5.74) is 1.54. The molecule has 2 nitrogen and oxygen atoms in total. The van der Waals surface area contributed by atoms with E-state index in [9.17, 15) is 5.11 Å². The number of fused-ring (bicyclic) bond motifs is 3. The molecule has 126 valence electrons. The van der Waals surface area contributed by atoms with Crippen molar-refractivity contribution >= 4 is 0 Å². The van der Waals surface area contributed by atoms with E-state index in [4.69, 9.17) is 4.74 Å². The van der Waals surface area contributed by atoms with Gasteiger partial charge < -0.3 is 9.84 Å². The first-order valence-electron chi connectivity index (χ1n) is 9.17. The Labute approximate surface area is 136 Å². The van der Waals surface area contributed by atoms with E-state index in [1.54, 1.807) is 0 Å². The van der Waals surface area contributed by atoms with E-state index in [2.05, 4.69) is 41.2 Å². The summed E-state index contributed by atoms with van der Waals surface area (Å²) >= 11 is 0. The van der Waals surface area contributed by atoms with Gasteiger partial charge in [-0.1, -0.05) is 26.0 Å². The topological polar surface area (TPSA) is 29.5 Å². The molecule has 7 atom stereocenters. The van der Waals surface area contributed by atoms with Crippen LogP contribution in [0.1, 0.15) is 66.7 Å². The zero-order valence-electron chi connectivity index (χ0n) is 15.1.